The molecule has 2 fully saturated rings. The summed E-state index contributed by atoms with van der Waals surface area (Å²) in [5.74, 6) is 0.830. The Hall–Kier alpha value is -0.900. The molecule has 1 unspecified atom stereocenters. The monoisotopic (exact) mass is 336 g/mol. The highest BCUT2D eigenvalue weighted by Gasteiger charge is 2.35. The summed E-state index contributed by atoms with van der Waals surface area (Å²) in [5, 5.41) is 0. The molecule has 0 bridgehead atoms. The Kier molecular flexibility index (Phi) is 4.39. The van der Waals surface area contributed by atoms with Gasteiger partial charge in [0.2, 0.25) is 0 Å². The Balaban J connectivity index is 1.74. The molecule has 1 saturated carbocycles. The molecule has 0 N–H and O–H groups in total. The van der Waals surface area contributed by atoms with E-state index >= 15 is 0 Å². The highest BCUT2D eigenvalue weighted by Crippen LogP contribution is 2.34. The summed E-state index contributed by atoms with van der Waals surface area (Å²) in [6, 6.07) is 4.17. The SMILES string of the molecule is O=C(c1ccc(Br)cn1)N1CCCC1C1CCCCC1. The van der Waals surface area contributed by atoms with Crippen LogP contribution >= 0.6 is 15.9 Å². The van der Waals surface area contributed by atoms with Crippen molar-refractivity contribution in [2.45, 2.75) is 51.0 Å². The Morgan fingerprint density at radius 2 is 1.95 bits per heavy atom. The molecule has 1 saturated heterocycles. The molecule has 2 heterocycles. The smallest absolute Gasteiger partial charge is 0.272 e. The summed E-state index contributed by atoms with van der Waals surface area (Å²) in [4.78, 5) is 19.0. The average Bonchev–Trinajstić information content (AvgIpc) is 2.97. The number of carbonyl (C=O) groups excluding carboxylic acids is 1. The fourth-order valence-electron chi connectivity index (χ4n) is 3.70. The predicted octanol–water partition coefficient (Wildman–Crippen LogP) is 4.03. The van der Waals surface area contributed by atoms with E-state index in [1.54, 1.807) is 6.20 Å². The first kappa shape index (κ1) is 14.1. The topological polar surface area (TPSA) is 33.2 Å². The van der Waals surface area contributed by atoms with Crippen LogP contribution in [0.4, 0.5) is 0 Å². The average molecular weight is 337 g/mol. The highest BCUT2D eigenvalue weighted by molar-refractivity contribution is 9.10. The van der Waals surface area contributed by atoms with Gasteiger partial charge in [-0.2, -0.15) is 0 Å². The van der Waals surface area contributed by atoms with Crippen LogP contribution in [0.1, 0.15) is 55.4 Å². The van der Waals surface area contributed by atoms with Gasteiger partial charge in [-0.25, -0.2) is 4.98 Å². The number of aromatic nitrogens is 1. The third-order valence-corrected chi connectivity index (χ3v) is 5.17. The van der Waals surface area contributed by atoms with Crippen LogP contribution in [-0.4, -0.2) is 28.4 Å². The van der Waals surface area contributed by atoms with E-state index in [0.29, 0.717) is 17.7 Å². The third-order valence-electron chi connectivity index (χ3n) is 4.70. The lowest BCUT2D eigenvalue weighted by Crippen LogP contribution is -2.41. The molecular weight excluding hydrogens is 316 g/mol. The predicted molar refractivity (Wildman–Crippen MR) is 82.6 cm³/mol. The van der Waals surface area contributed by atoms with Crippen molar-refractivity contribution in [2.24, 2.45) is 5.92 Å². The number of pyridine rings is 1. The van der Waals surface area contributed by atoms with Gasteiger partial charge in [0.15, 0.2) is 0 Å². The van der Waals surface area contributed by atoms with Crippen LogP contribution in [-0.2, 0) is 0 Å². The summed E-state index contributed by atoms with van der Waals surface area (Å²) in [6.45, 7) is 0.901. The maximum Gasteiger partial charge on any atom is 0.272 e. The summed E-state index contributed by atoms with van der Waals surface area (Å²) < 4.78 is 0.916. The normalized spacial score (nSPS) is 24.1. The van der Waals surface area contributed by atoms with E-state index in [-0.39, 0.29) is 5.91 Å². The molecule has 20 heavy (non-hydrogen) atoms. The summed E-state index contributed by atoms with van der Waals surface area (Å²) >= 11 is 3.37. The van der Waals surface area contributed by atoms with Gasteiger partial charge in [-0.1, -0.05) is 19.3 Å². The number of halogens is 1. The quantitative estimate of drug-likeness (QED) is 0.816. The first-order valence-corrected chi connectivity index (χ1v) is 8.47. The number of carbonyl (C=O) groups is 1. The molecule has 0 spiro atoms. The van der Waals surface area contributed by atoms with Crippen molar-refractivity contribution in [1.82, 2.24) is 9.88 Å². The maximum absolute atomic E-state index is 12.7. The molecule has 108 valence electrons. The van der Waals surface area contributed by atoms with Crippen molar-refractivity contribution in [3.05, 3.63) is 28.5 Å². The molecule has 4 heteroatoms. The van der Waals surface area contributed by atoms with E-state index in [9.17, 15) is 4.79 Å². The van der Waals surface area contributed by atoms with E-state index < -0.39 is 0 Å². The number of amides is 1. The van der Waals surface area contributed by atoms with Gasteiger partial charge in [0.05, 0.1) is 0 Å². The largest absolute Gasteiger partial charge is 0.334 e. The van der Waals surface area contributed by atoms with Crippen LogP contribution in [0.5, 0.6) is 0 Å². The Morgan fingerprint density at radius 1 is 1.15 bits per heavy atom. The Labute approximate surface area is 128 Å². The van der Waals surface area contributed by atoms with Gasteiger partial charge in [-0.15, -0.1) is 0 Å². The third kappa shape index (κ3) is 2.90. The second kappa shape index (κ2) is 6.25. The number of rotatable bonds is 2. The van der Waals surface area contributed by atoms with Gasteiger partial charge in [0.25, 0.3) is 5.91 Å². The van der Waals surface area contributed by atoms with E-state index in [1.165, 1.54) is 38.5 Å². The lowest BCUT2D eigenvalue weighted by molar-refractivity contribution is 0.0655. The van der Waals surface area contributed by atoms with Crippen molar-refractivity contribution in [1.29, 1.82) is 0 Å². The van der Waals surface area contributed by atoms with E-state index in [2.05, 4.69) is 25.8 Å². The summed E-state index contributed by atoms with van der Waals surface area (Å²) in [5.41, 5.74) is 0.580. The zero-order valence-electron chi connectivity index (χ0n) is 11.7. The molecule has 0 radical (unpaired) electrons. The minimum Gasteiger partial charge on any atom is -0.334 e. The second-order valence-electron chi connectivity index (χ2n) is 5.97. The zero-order valence-corrected chi connectivity index (χ0v) is 13.3. The van der Waals surface area contributed by atoms with Crippen LogP contribution < -0.4 is 0 Å². The van der Waals surface area contributed by atoms with Crippen molar-refractivity contribution in [2.75, 3.05) is 6.54 Å². The Bertz CT molecular complexity index is 468. The molecule has 1 atom stereocenters. The van der Waals surface area contributed by atoms with Gasteiger partial charge >= 0.3 is 0 Å². The molecule has 0 aromatic carbocycles. The maximum atomic E-state index is 12.7. The van der Waals surface area contributed by atoms with Crippen LogP contribution in [0.15, 0.2) is 22.8 Å². The van der Waals surface area contributed by atoms with Crippen LogP contribution in [0.2, 0.25) is 0 Å². The second-order valence-corrected chi connectivity index (χ2v) is 6.88. The molecule has 2 aliphatic rings. The van der Waals surface area contributed by atoms with Gasteiger partial charge in [-0.05, 0) is 59.7 Å². The van der Waals surface area contributed by atoms with Crippen LogP contribution in [0.3, 0.4) is 0 Å². The van der Waals surface area contributed by atoms with E-state index in [4.69, 9.17) is 0 Å². The summed E-state index contributed by atoms with van der Waals surface area (Å²) in [6.07, 6.45) is 10.6. The molecule has 1 amide bonds. The fraction of sp³-hybridized carbons (Fsp3) is 0.625. The highest BCUT2D eigenvalue weighted by atomic mass is 79.9. The van der Waals surface area contributed by atoms with Gasteiger partial charge in [0.1, 0.15) is 5.69 Å². The standard InChI is InChI=1S/C16H21BrN2O/c17-13-8-9-14(18-11-13)16(20)19-10-4-7-15(19)12-5-2-1-3-6-12/h8-9,11-12,15H,1-7,10H2. The van der Waals surface area contributed by atoms with Crippen LogP contribution in [0, 0.1) is 5.92 Å². The van der Waals surface area contributed by atoms with Gasteiger partial charge in [-0.3, -0.25) is 4.79 Å². The van der Waals surface area contributed by atoms with Crippen molar-refractivity contribution in [3.8, 4) is 0 Å². The minimum atomic E-state index is 0.116. The fourth-order valence-corrected chi connectivity index (χ4v) is 3.94. The molecule has 3 nitrogen and oxygen atoms in total. The summed E-state index contributed by atoms with van der Waals surface area (Å²) in [7, 11) is 0. The molecular formula is C16H21BrN2O. The van der Waals surface area contributed by atoms with Crippen molar-refractivity contribution < 1.29 is 4.79 Å². The first-order valence-electron chi connectivity index (χ1n) is 7.68. The lowest BCUT2D eigenvalue weighted by atomic mass is 9.83. The zero-order chi connectivity index (χ0) is 13.9. The lowest BCUT2D eigenvalue weighted by Gasteiger charge is -2.33. The van der Waals surface area contributed by atoms with Crippen molar-refractivity contribution >= 4 is 21.8 Å². The number of likely N-dealkylation sites (tertiary alicyclic amines) is 1. The van der Waals surface area contributed by atoms with E-state index in [0.717, 1.165) is 17.4 Å². The first-order chi connectivity index (χ1) is 9.75. The van der Waals surface area contributed by atoms with Gasteiger partial charge in [0, 0.05) is 23.3 Å². The minimum absolute atomic E-state index is 0.116. The van der Waals surface area contributed by atoms with Gasteiger partial charge < -0.3 is 4.90 Å². The number of hydrogen-bond donors (Lipinski definition) is 0. The molecule has 3 rings (SSSR count). The molecule has 1 aromatic heterocycles. The van der Waals surface area contributed by atoms with Crippen LogP contribution in [0.25, 0.3) is 0 Å². The van der Waals surface area contributed by atoms with Crippen molar-refractivity contribution in [3.63, 3.8) is 0 Å². The number of nitrogens with zero attached hydrogens (tertiary/aromatic N) is 2. The Morgan fingerprint density at radius 3 is 2.65 bits per heavy atom. The molecule has 1 aliphatic carbocycles. The number of hydrogen-bond acceptors (Lipinski definition) is 2. The van der Waals surface area contributed by atoms with E-state index in [1.807, 2.05) is 12.1 Å². The molecule has 1 aliphatic heterocycles. The molecule has 1 aromatic rings.